The molecule has 98 valence electrons. The van der Waals surface area contributed by atoms with Gasteiger partial charge < -0.3 is 5.32 Å². The van der Waals surface area contributed by atoms with E-state index >= 15 is 0 Å². The van der Waals surface area contributed by atoms with E-state index in [1.165, 1.54) is 12.1 Å². The molecule has 0 heterocycles. The third-order valence-corrected chi connectivity index (χ3v) is 3.50. The van der Waals surface area contributed by atoms with E-state index in [0.717, 1.165) is 17.0 Å². The van der Waals surface area contributed by atoms with Gasteiger partial charge >= 0.3 is 0 Å². The van der Waals surface area contributed by atoms with E-state index in [-0.39, 0.29) is 16.5 Å². The van der Waals surface area contributed by atoms with Crippen molar-refractivity contribution in [2.45, 2.75) is 5.33 Å². The lowest BCUT2D eigenvalue weighted by Gasteiger charge is -2.06. The van der Waals surface area contributed by atoms with Gasteiger partial charge in [0.05, 0.1) is 5.02 Å². The molecule has 0 unspecified atom stereocenters. The molecule has 0 atom stereocenters. The summed E-state index contributed by atoms with van der Waals surface area (Å²) in [4.78, 5) is 11.9. The van der Waals surface area contributed by atoms with Crippen LogP contribution in [0.15, 0.2) is 42.5 Å². The predicted octanol–water partition coefficient (Wildman–Crippen LogP) is 4.63. The summed E-state index contributed by atoms with van der Waals surface area (Å²) in [6.07, 6.45) is 0. The first-order valence-corrected chi connectivity index (χ1v) is 7.01. The number of amides is 1. The molecule has 2 rings (SSSR count). The first kappa shape index (κ1) is 14.0. The summed E-state index contributed by atoms with van der Waals surface area (Å²) in [6.45, 7) is 0. The summed E-state index contributed by atoms with van der Waals surface area (Å²) in [5.41, 5.74) is 1.99. The van der Waals surface area contributed by atoms with Crippen molar-refractivity contribution in [1.82, 2.24) is 0 Å². The molecular formula is C14H10BrClFNO. The molecule has 0 bridgehead atoms. The van der Waals surface area contributed by atoms with Crippen LogP contribution < -0.4 is 5.32 Å². The third-order valence-electron chi connectivity index (χ3n) is 2.55. The van der Waals surface area contributed by atoms with Gasteiger partial charge in [0.15, 0.2) is 0 Å². The summed E-state index contributed by atoms with van der Waals surface area (Å²) >= 11 is 8.91. The Morgan fingerprint density at radius 1 is 1.21 bits per heavy atom. The van der Waals surface area contributed by atoms with Crippen LogP contribution in [-0.4, -0.2) is 5.91 Å². The topological polar surface area (TPSA) is 29.1 Å². The molecule has 0 aliphatic rings. The van der Waals surface area contributed by atoms with E-state index < -0.39 is 5.82 Å². The first-order chi connectivity index (χ1) is 9.10. The molecule has 0 saturated carbocycles. The van der Waals surface area contributed by atoms with Gasteiger partial charge in [0.25, 0.3) is 5.91 Å². The van der Waals surface area contributed by atoms with Crippen LogP contribution in [0, 0.1) is 5.82 Å². The van der Waals surface area contributed by atoms with E-state index in [1.807, 2.05) is 12.1 Å². The maximum Gasteiger partial charge on any atom is 0.255 e. The van der Waals surface area contributed by atoms with Crippen LogP contribution in [0.1, 0.15) is 15.9 Å². The summed E-state index contributed by atoms with van der Waals surface area (Å²) in [6, 6.07) is 11.3. The van der Waals surface area contributed by atoms with Crippen LogP contribution >= 0.6 is 27.5 Å². The number of nitrogens with one attached hydrogen (secondary N) is 1. The Labute approximate surface area is 123 Å². The molecule has 0 saturated heterocycles. The minimum atomic E-state index is -0.607. The van der Waals surface area contributed by atoms with Gasteiger partial charge in [0, 0.05) is 16.6 Å². The van der Waals surface area contributed by atoms with E-state index in [1.54, 1.807) is 12.1 Å². The Balaban J connectivity index is 2.13. The quantitative estimate of drug-likeness (QED) is 0.810. The lowest BCUT2D eigenvalue weighted by molar-refractivity contribution is 0.102. The van der Waals surface area contributed by atoms with Crippen molar-refractivity contribution in [1.29, 1.82) is 0 Å². The number of alkyl halides is 1. The minimum absolute atomic E-state index is 0.00164. The van der Waals surface area contributed by atoms with Crippen molar-refractivity contribution < 1.29 is 9.18 Å². The van der Waals surface area contributed by atoms with Crippen LogP contribution in [-0.2, 0) is 5.33 Å². The summed E-state index contributed by atoms with van der Waals surface area (Å²) in [5, 5.41) is 3.44. The molecule has 1 N–H and O–H groups in total. The highest BCUT2D eigenvalue weighted by atomic mass is 79.9. The lowest BCUT2D eigenvalue weighted by atomic mass is 10.2. The maximum absolute atomic E-state index is 13.3. The number of rotatable bonds is 3. The number of hydrogen-bond acceptors (Lipinski definition) is 1. The number of carbonyl (C=O) groups is 1. The largest absolute Gasteiger partial charge is 0.322 e. The van der Waals surface area contributed by atoms with Crippen LogP contribution in [0.3, 0.4) is 0 Å². The van der Waals surface area contributed by atoms with Crippen molar-refractivity contribution in [2.75, 3.05) is 5.32 Å². The molecule has 1 amide bonds. The Bertz CT molecular complexity index is 601. The highest BCUT2D eigenvalue weighted by molar-refractivity contribution is 9.08. The van der Waals surface area contributed by atoms with E-state index in [9.17, 15) is 9.18 Å². The second-order valence-corrected chi connectivity index (χ2v) is 4.88. The van der Waals surface area contributed by atoms with Gasteiger partial charge in [-0.1, -0.05) is 39.7 Å². The summed E-state index contributed by atoms with van der Waals surface area (Å²) in [7, 11) is 0. The van der Waals surface area contributed by atoms with Crippen LogP contribution in [0.2, 0.25) is 5.02 Å². The molecule has 0 aliphatic carbocycles. The van der Waals surface area contributed by atoms with Gasteiger partial charge in [0.2, 0.25) is 0 Å². The third kappa shape index (κ3) is 3.55. The minimum Gasteiger partial charge on any atom is -0.322 e. The zero-order valence-corrected chi connectivity index (χ0v) is 12.1. The molecule has 5 heteroatoms. The molecule has 19 heavy (non-hydrogen) atoms. The zero-order valence-electron chi connectivity index (χ0n) is 9.79. The highest BCUT2D eigenvalue weighted by Crippen LogP contribution is 2.17. The van der Waals surface area contributed by atoms with Gasteiger partial charge in [-0.05, 0) is 35.9 Å². The average Bonchev–Trinajstić information content (AvgIpc) is 2.42. The lowest BCUT2D eigenvalue weighted by Crippen LogP contribution is -2.12. The Morgan fingerprint density at radius 2 is 1.89 bits per heavy atom. The van der Waals surface area contributed by atoms with Crippen molar-refractivity contribution >= 4 is 39.1 Å². The van der Waals surface area contributed by atoms with Gasteiger partial charge in [0.1, 0.15) is 5.82 Å². The molecule has 0 aliphatic heterocycles. The number of anilines is 1. The fourth-order valence-corrected chi connectivity index (χ4v) is 2.01. The Kier molecular flexibility index (Phi) is 4.56. The highest BCUT2D eigenvalue weighted by Gasteiger charge is 2.09. The average molecular weight is 343 g/mol. The molecule has 0 aromatic heterocycles. The van der Waals surface area contributed by atoms with Crippen molar-refractivity contribution in [2.24, 2.45) is 0 Å². The first-order valence-electron chi connectivity index (χ1n) is 5.51. The normalized spacial score (nSPS) is 10.3. The second-order valence-electron chi connectivity index (χ2n) is 3.91. The zero-order chi connectivity index (χ0) is 13.8. The SMILES string of the molecule is O=C(Nc1ccc(CBr)cc1)c1ccc(Cl)c(F)c1. The Morgan fingerprint density at radius 3 is 2.47 bits per heavy atom. The maximum atomic E-state index is 13.3. The summed E-state index contributed by atoms with van der Waals surface area (Å²) in [5.74, 6) is -0.980. The number of benzene rings is 2. The predicted molar refractivity (Wildman–Crippen MR) is 78.4 cm³/mol. The van der Waals surface area contributed by atoms with Crippen LogP contribution in [0.4, 0.5) is 10.1 Å². The molecule has 2 nitrogen and oxygen atoms in total. The van der Waals surface area contributed by atoms with Gasteiger partial charge in [-0.2, -0.15) is 0 Å². The van der Waals surface area contributed by atoms with Gasteiger partial charge in [-0.3, -0.25) is 4.79 Å². The Hall–Kier alpha value is -1.39. The fourth-order valence-electron chi connectivity index (χ4n) is 1.52. The van der Waals surface area contributed by atoms with Gasteiger partial charge in [-0.25, -0.2) is 4.39 Å². The van der Waals surface area contributed by atoms with Crippen molar-refractivity contribution in [3.05, 3.63) is 64.4 Å². The van der Waals surface area contributed by atoms with Crippen molar-refractivity contribution in [3.8, 4) is 0 Å². The monoisotopic (exact) mass is 341 g/mol. The van der Waals surface area contributed by atoms with E-state index in [0.29, 0.717) is 5.69 Å². The smallest absolute Gasteiger partial charge is 0.255 e. The number of hydrogen-bond donors (Lipinski definition) is 1. The fraction of sp³-hybridized carbons (Fsp3) is 0.0714. The number of carbonyl (C=O) groups excluding carboxylic acids is 1. The molecule has 2 aromatic rings. The number of halogens is 3. The second kappa shape index (κ2) is 6.17. The molecule has 0 fully saturated rings. The van der Waals surface area contributed by atoms with Crippen LogP contribution in [0.25, 0.3) is 0 Å². The van der Waals surface area contributed by atoms with Crippen molar-refractivity contribution in [3.63, 3.8) is 0 Å². The molecule has 0 spiro atoms. The molecule has 2 aromatic carbocycles. The van der Waals surface area contributed by atoms with Gasteiger partial charge in [-0.15, -0.1) is 0 Å². The standard InChI is InChI=1S/C14H10BrClFNO/c15-8-9-1-4-11(5-2-9)18-14(19)10-3-6-12(16)13(17)7-10/h1-7H,8H2,(H,18,19). The molecular weight excluding hydrogens is 333 g/mol. The summed E-state index contributed by atoms with van der Waals surface area (Å²) < 4.78 is 13.3. The van der Waals surface area contributed by atoms with E-state index in [2.05, 4.69) is 21.2 Å². The van der Waals surface area contributed by atoms with Crippen LogP contribution in [0.5, 0.6) is 0 Å². The van der Waals surface area contributed by atoms with E-state index in [4.69, 9.17) is 11.6 Å². The molecule has 0 radical (unpaired) electrons.